The SMILES string of the molecule is [2H]C([2H])([2H])[C@](CCOCc1ccccc1)(C[13CH2]O)OCc1ccccc1. The second-order valence-corrected chi connectivity index (χ2v) is 5.53. The van der Waals surface area contributed by atoms with Crippen LogP contribution in [0, 0.1) is 0 Å². The Labute approximate surface area is 143 Å². The van der Waals surface area contributed by atoms with Gasteiger partial charge < -0.3 is 14.6 Å². The quantitative estimate of drug-likeness (QED) is 0.532. The molecule has 0 bridgehead atoms. The summed E-state index contributed by atoms with van der Waals surface area (Å²) in [6, 6.07) is 19.1. The lowest BCUT2D eigenvalue weighted by molar-refractivity contribution is -0.0767. The number of aliphatic hydroxyl groups is 1. The van der Waals surface area contributed by atoms with E-state index in [4.69, 9.17) is 13.6 Å². The van der Waals surface area contributed by atoms with Crippen molar-refractivity contribution in [1.82, 2.24) is 0 Å². The Kier molecular flexibility index (Phi) is 5.65. The smallest absolute Gasteiger partial charge is 0.0724 e. The highest BCUT2D eigenvalue weighted by atomic mass is 16.5. The van der Waals surface area contributed by atoms with Crippen molar-refractivity contribution in [2.45, 2.75) is 38.5 Å². The number of ether oxygens (including phenoxy) is 2. The van der Waals surface area contributed by atoms with Gasteiger partial charge in [-0.2, -0.15) is 0 Å². The molecule has 0 saturated carbocycles. The van der Waals surface area contributed by atoms with Gasteiger partial charge in [0, 0.05) is 17.3 Å². The van der Waals surface area contributed by atoms with E-state index in [1.54, 1.807) is 0 Å². The van der Waals surface area contributed by atoms with Crippen molar-refractivity contribution in [2.24, 2.45) is 0 Å². The Hall–Kier alpha value is -1.68. The lowest BCUT2D eigenvalue weighted by Gasteiger charge is -2.29. The molecular formula is C20H26O3. The molecule has 0 amide bonds. The molecule has 0 aliphatic rings. The zero-order valence-electron chi connectivity index (χ0n) is 16.3. The largest absolute Gasteiger partial charge is 0.396 e. The Bertz CT molecular complexity index is 632. The summed E-state index contributed by atoms with van der Waals surface area (Å²) in [4.78, 5) is 0. The molecule has 1 N–H and O–H groups in total. The molecule has 0 aromatic heterocycles. The summed E-state index contributed by atoms with van der Waals surface area (Å²) in [5, 5.41) is 9.43. The van der Waals surface area contributed by atoms with Crippen LogP contribution in [0.3, 0.4) is 0 Å². The van der Waals surface area contributed by atoms with Crippen LogP contribution in [-0.4, -0.2) is 23.9 Å². The van der Waals surface area contributed by atoms with Gasteiger partial charge in [0.25, 0.3) is 0 Å². The minimum absolute atomic E-state index is 0.0328. The molecule has 0 aliphatic carbocycles. The Morgan fingerprint density at radius 2 is 1.52 bits per heavy atom. The lowest BCUT2D eigenvalue weighted by atomic mass is 10.0. The molecule has 0 radical (unpaired) electrons. The van der Waals surface area contributed by atoms with Gasteiger partial charge in [0.1, 0.15) is 0 Å². The van der Waals surface area contributed by atoms with Gasteiger partial charge in [-0.25, -0.2) is 0 Å². The van der Waals surface area contributed by atoms with E-state index in [-0.39, 0.29) is 32.7 Å². The van der Waals surface area contributed by atoms with E-state index in [0.29, 0.717) is 6.61 Å². The Morgan fingerprint density at radius 1 is 0.913 bits per heavy atom. The first-order valence-electron chi connectivity index (χ1n) is 9.37. The Balaban J connectivity index is 1.99. The van der Waals surface area contributed by atoms with Gasteiger partial charge >= 0.3 is 0 Å². The van der Waals surface area contributed by atoms with Crippen LogP contribution in [0.15, 0.2) is 60.7 Å². The molecule has 3 nitrogen and oxygen atoms in total. The van der Waals surface area contributed by atoms with Gasteiger partial charge in [-0.1, -0.05) is 60.7 Å². The van der Waals surface area contributed by atoms with E-state index < -0.39 is 12.5 Å². The molecule has 2 rings (SSSR count). The minimum atomic E-state index is -2.36. The van der Waals surface area contributed by atoms with Crippen molar-refractivity contribution >= 4 is 0 Å². The van der Waals surface area contributed by atoms with E-state index in [1.807, 2.05) is 60.7 Å². The van der Waals surface area contributed by atoms with Crippen molar-refractivity contribution in [3.05, 3.63) is 71.8 Å². The first kappa shape index (κ1) is 13.7. The summed E-state index contributed by atoms with van der Waals surface area (Å²) in [5.74, 6) is 0. The molecular weight excluding hydrogens is 289 g/mol. The van der Waals surface area contributed by atoms with Crippen molar-refractivity contribution in [3.63, 3.8) is 0 Å². The van der Waals surface area contributed by atoms with Crippen molar-refractivity contribution in [1.29, 1.82) is 0 Å². The number of hydrogen-bond donors (Lipinski definition) is 1. The fraction of sp³-hybridized carbons (Fsp3) is 0.400. The van der Waals surface area contributed by atoms with Gasteiger partial charge in [-0.3, -0.25) is 0 Å². The highest BCUT2D eigenvalue weighted by Crippen LogP contribution is 2.22. The van der Waals surface area contributed by atoms with Gasteiger partial charge in [-0.05, 0) is 30.8 Å². The second kappa shape index (κ2) is 9.46. The maximum atomic E-state index is 9.43. The minimum Gasteiger partial charge on any atom is -0.396 e. The van der Waals surface area contributed by atoms with Crippen LogP contribution in [0.25, 0.3) is 0 Å². The van der Waals surface area contributed by atoms with Crippen LogP contribution in [-0.2, 0) is 22.7 Å². The fourth-order valence-corrected chi connectivity index (χ4v) is 2.25. The zero-order chi connectivity index (χ0) is 18.9. The molecule has 0 saturated heterocycles. The average molecular weight is 318 g/mol. The molecule has 0 unspecified atom stereocenters. The average Bonchev–Trinajstić information content (AvgIpc) is 2.64. The highest BCUT2D eigenvalue weighted by Gasteiger charge is 2.24. The maximum Gasteiger partial charge on any atom is 0.0724 e. The van der Waals surface area contributed by atoms with E-state index in [1.165, 1.54) is 0 Å². The molecule has 1 atom stereocenters. The third-order valence-electron chi connectivity index (χ3n) is 3.64. The molecule has 3 heteroatoms. The summed E-state index contributed by atoms with van der Waals surface area (Å²) in [5.41, 5.74) is 0.484. The second-order valence-electron chi connectivity index (χ2n) is 5.53. The molecule has 0 fully saturated rings. The fourth-order valence-electron chi connectivity index (χ4n) is 2.25. The third-order valence-corrected chi connectivity index (χ3v) is 3.64. The van der Waals surface area contributed by atoms with E-state index in [2.05, 4.69) is 0 Å². The first-order chi connectivity index (χ1) is 12.5. The molecule has 0 spiro atoms. The summed E-state index contributed by atoms with van der Waals surface area (Å²) < 4.78 is 35.4. The van der Waals surface area contributed by atoms with E-state index in [0.717, 1.165) is 11.1 Å². The van der Waals surface area contributed by atoms with E-state index in [9.17, 15) is 5.11 Å². The van der Waals surface area contributed by atoms with Gasteiger partial charge in [0.2, 0.25) is 0 Å². The molecule has 0 aliphatic heterocycles. The monoisotopic (exact) mass is 318 g/mol. The van der Waals surface area contributed by atoms with Crippen LogP contribution < -0.4 is 0 Å². The number of aliphatic hydroxyl groups excluding tert-OH is 1. The summed E-state index contributed by atoms with van der Waals surface area (Å²) >= 11 is 0. The third kappa shape index (κ3) is 6.53. The van der Waals surface area contributed by atoms with Gasteiger partial charge in [-0.15, -0.1) is 0 Å². The highest BCUT2D eigenvalue weighted by molar-refractivity contribution is 5.14. The maximum absolute atomic E-state index is 9.43. The zero-order valence-corrected chi connectivity index (χ0v) is 13.3. The van der Waals surface area contributed by atoms with Crippen molar-refractivity contribution in [3.8, 4) is 0 Å². The van der Waals surface area contributed by atoms with Gasteiger partial charge in [0.15, 0.2) is 0 Å². The summed E-state index contributed by atoms with van der Waals surface area (Å²) in [7, 11) is 0. The molecule has 2 aromatic rings. The number of rotatable bonds is 10. The Morgan fingerprint density at radius 3 is 2.09 bits per heavy atom. The van der Waals surface area contributed by atoms with Gasteiger partial charge in [0.05, 0.1) is 18.8 Å². The van der Waals surface area contributed by atoms with Crippen LogP contribution in [0.5, 0.6) is 0 Å². The molecule has 124 valence electrons. The summed E-state index contributed by atoms with van der Waals surface area (Å²) in [6.45, 7) is -1.79. The van der Waals surface area contributed by atoms with E-state index >= 15 is 0 Å². The van der Waals surface area contributed by atoms with Crippen molar-refractivity contribution in [2.75, 3.05) is 13.2 Å². The van der Waals surface area contributed by atoms with Crippen LogP contribution in [0.1, 0.15) is 34.9 Å². The number of hydrogen-bond acceptors (Lipinski definition) is 3. The van der Waals surface area contributed by atoms with Crippen LogP contribution >= 0.6 is 0 Å². The summed E-state index contributed by atoms with van der Waals surface area (Å²) in [6.07, 6.45) is 0.217. The number of benzene rings is 2. The normalized spacial score (nSPS) is 16.1. The first-order valence-corrected chi connectivity index (χ1v) is 7.87. The van der Waals surface area contributed by atoms with Crippen LogP contribution in [0.2, 0.25) is 0 Å². The topological polar surface area (TPSA) is 38.7 Å². The predicted octanol–water partition coefficient (Wildman–Crippen LogP) is 3.95. The van der Waals surface area contributed by atoms with Crippen LogP contribution in [0.4, 0.5) is 0 Å². The molecule has 23 heavy (non-hydrogen) atoms. The molecule has 0 heterocycles. The predicted molar refractivity (Wildman–Crippen MR) is 92.1 cm³/mol. The standard InChI is InChI=1S/C20H26O3/c1-20(12-14-21,23-17-19-10-6-3-7-11-19)13-15-22-16-18-8-4-2-5-9-18/h2-11,21H,12-17H2,1H3/t20-/m1/s1/i1D3,14+1. The lowest BCUT2D eigenvalue weighted by Crippen LogP contribution is -2.31. The van der Waals surface area contributed by atoms with Crippen molar-refractivity contribution < 1.29 is 18.7 Å². The molecule has 2 aromatic carbocycles.